The molecule has 174 valence electrons. The number of aromatic nitrogens is 3. The van der Waals surface area contributed by atoms with Crippen molar-refractivity contribution in [2.24, 2.45) is 0 Å². The second kappa shape index (κ2) is 9.80. The number of aliphatic hydroxyl groups excluding tert-OH is 1. The third kappa shape index (κ3) is 4.61. The van der Waals surface area contributed by atoms with Crippen LogP contribution < -0.4 is 10.1 Å². The van der Waals surface area contributed by atoms with Gasteiger partial charge in [0.05, 0.1) is 41.3 Å². The standard InChI is InChI=1S/C25H23ClN4O4/c26-21-10-17(34-16-4-2-1-3-5-16)8-9-19(21)23(32)20-11-27-24-22(20)25(29-14-28-24)30-15-6-7-18(12-31)33-13-15/h1-5,8-11,14-15,18,31H,6-7,12-13H2,(H2,27,28,29,30)/t15-,18-/m0/s1. The zero-order valence-electron chi connectivity index (χ0n) is 18.2. The lowest BCUT2D eigenvalue weighted by molar-refractivity contribution is -0.0224. The Kier molecular flexibility index (Phi) is 6.44. The summed E-state index contributed by atoms with van der Waals surface area (Å²) in [7, 11) is 0. The van der Waals surface area contributed by atoms with Crippen LogP contribution in [-0.2, 0) is 4.74 Å². The number of hydrogen-bond donors (Lipinski definition) is 3. The number of halogens is 1. The van der Waals surface area contributed by atoms with Crippen LogP contribution in [0.2, 0.25) is 5.02 Å². The molecule has 34 heavy (non-hydrogen) atoms. The van der Waals surface area contributed by atoms with E-state index in [0.717, 1.165) is 12.8 Å². The smallest absolute Gasteiger partial charge is 0.196 e. The molecule has 3 heterocycles. The highest BCUT2D eigenvalue weighted by Gasteiger charge is 2.25. The maximum absolute atomic E-state index is 13.5. The van der Waals surface area contributed by atoms with Crippen molar-refractivity contribution >= 4 is 34.2 Å². The Balaban J connectivity index is 1.40. The summed E-state index contributed by atoms with van der Waals surface area (Å²) < 4.78 is 11.5. The second-order valence-electron chi connectivity index (χ2n) is 8.09. The van der Waals surface area contributed by atoms with E-state index in [-0.39, 0.29) is 29.6 Å². The number of para-hydroxylation sites is 1. The lowest BCUT2D eigenvalue weighted by Gasteiger charge is -2.29. The number of rotatable bonds is 7. The van der Waals surface area contributed by atoms with E-state index in [1.165, 1.54) is 6.33 Å². The van der Waals surface area contributed by atoms with E-state index in [2.05, 4.69) is 20.3 Å². The van der Waals surface area contributed by atoms with Gasteiger partial charge in [-0.15, -0.1) is 0 Å². The minimum atomic E-state index is -0.249. The maximum Gasteiger partial charge on any atom is 0.196 e. The van der Waals surface area contributed by atoms with E-state index in [1.807, 2.05) is 30.3 Å². The first-order valence-electron chi connectivity index (χ1n) is 11.0. The minimum Gasteiger partial charge on any atom is -0.457 e. The predicted octanol–water partition coefficient (Wildman–Crippen LogP) is 4.59. The molecule has 2 atom stereocenters. The number of fused-ring (bicyclic) bond motifs is 1. The molecule has 0 amide bonds. The van der Waals surface area contributed by atoms with Crippen molar-refractivity contribution in [1.82, 2.24) is 15.0 Å². The summed E-state index contributed by atoms with van der Waals surface area (Å²) in [6.45, 7) is 0.454. The number of benzene rings is 2. The summed E-state index contributed by atoms with van der Waals surface area (Å²) in [4.78, 5) is 25.2. The summed E-state index contributed by atoms with van der Waals surface area (Å²) >= 11 is 6.49. The number of carbonyl (C=O) groups excluding carboxylic acids is 1. The van der Waals surface area contributed by atoms with Gasteiger partial charge in [-0.25, -0.2) is 9.97 Å². The highest BCUT2D eigenvalue weighted by atomic mass is 35.5. The third-order valence-corrected chi connectivity index (χ3v) is 6.11. The lowest BCUT2D eigenvalue weighted by Crippen LogP contribution is -2.36. The van der Waals surface area contributed by atoms with E-state index in [1.54, 1.807) is 24.4 Å². The Morgan fingerprint density at radius 3 is 2.74 bits per heavy atom. The summed E-state index contributed by atoms with van der Waals surface area (Å²) in [6.07, 6.45) is 4.49. The number of anilines is 1. The molecule has 9 heteroatoms. The van der Waals surface area contributed by atoms with Gasteiger partial charge >= 0.3 is 0 Å². The van der Waals surface area contributed by atoms with E-state index >= 15 is 0 Å². The normalized spacial score (nSPS) is 18.1. The number of ether oxygens (including phenoxy) is 2. The number of H-pyrrole nitrogens is 1. The molecule has 0 saturated carbocycles. The fraction of sp³-hybridized carbons (Fsp3) is 0.240. The van der Waals surface area contributed by atoms with Crippen molar-refractivity contribution in [2.75, 3.05) is 18.5 Å². The van der Waals surface area contributed by atoms with Gasteiger partial charge in [0.1, 0.15) is 29.3 Å². The molecular weight excluding hydrogens is 456 g/mol. The molecule has 0 bridgehead atoms. The quantitative estimate of drug-likeness (QED) is 0.333. The summed E-state index contributed by atoms with van der Waals surface area (Å²) in [5.74, 6) is 1.52. The summed E-state index contributed by atoms with van der Waals surface area (Å²) in [5, 5.41) is 13.5. The first-order valence-corrected chi connectivity index (χ1v) is 11.4. The summed E-state index contributed by atoms with van der Waals surface area (Å²) in [5.41, 5.74) is 1.32. The number of aromatic amines is 1. The van der Waals surface area contributed by atoms with Gasteiger partial charge < -0.3 is 24.9 Å². The lowest BCUT2D eigenvalue weighted by atomic mass is 10.0. The minimum absolute atomic E-state index is 0.0108. The van der Waals surface area contributed by atoms with Crippen molar-refractivity contribution in [3.63, 3.8) is 0 Å². The molecule has 5 rings (SSSR count). The van der Waals surface area contributed by atoms with Gasteiger partial charge in [-0.3, -0.25) is 4.79 Å². The highest BCUT2D eigenvalue weighted by Crippen LogP contribution is 2.32. The molecule has 8 nitrogen and oxygen atoms in total. The number of hydrogen-bond acceptors (Lipinski definition) is 7. The topological polar surface area (TPSA) is 109 Å². The van der Waals surface area contributed by atoms with Crippen LogP contribution >= 0.6 is 11.6 Å². The number of carbonyl (C=O) groups is 1. The zero-order chi connectivity index (χ0) is 23.5. The van der Waals surface area contributed by atoms with Gasteiger partial charge in [0, 0.05) is 17.8 Å². The molecular formula is C25H23ClN4O4. The molecule has 0 unspecified atom stereocenters. The SMILES string of the molecule is O=C(c1ccc(Oc2ccccc2)cc1Cl)c1c[nH]c2ncnc(N[C@H]3CC[C@@H](CO)OC3)c12. The van der Waals surface area contributed by atoms with Gasteiger partial charge in [0.2, 0.25) is 0 Å². The zero-order valence-corrected chi connectivity index (χ0v) is 19.0. The van der Waals surface area contributed by atoms with Crippen molar-refractivity contribution in [1.29, 1.82) is 0 Å². The first kappa shape index (κ1) is 22.3. The Labute approximate surface area is 200 Å². The van der Waals surface area contributed by atoms with E-state index < -0.39 is 0 Å². The Bertz CT molecular complexity index is 1300. The van der Waals surface area contributed by atoms with Crippen LogP contribution in [0, 0.1) is 0 Å². The van der Waals surface area contributed by atoms with Gasteiger partial charge in [-0.05, 0) is 37.1 Å². The van der Waals surface area contributed by atoms with Crippen molar-refractivity contribution < 1.29 is 19.4 Å². The third-order valence-electron chi connectivity index (χ3n) is 5.79. The maximum atomic E-state index is 13.5. The van der Waals surface area contributed by atoms with Gasteiger partial charge in [-0.2, -0.15) is 0 Å². The monoisotopic (exact) mass is 478 g/mol. The van der Waals surface area contributed by atoms with Crippen LogP contribution in [0.1, 0.15) is 28.8 Å². The molecule has 4 aromatic rings. The molecule has 0 aliphatic carbocycles. The second-order valence-corrected chi connectivity index (χ2v) is 8.50. The molecule has 1 aliphatic heterocycles. The van der Waals surface area contributed by atoms with Crippen LogP contribution in [-0.4, -0.2) is 51.2 Å². The molecule has 1 saturated heterocycles. The van der Waals surface area contributed by atoms with Gasteiger partial charge in [0.15, 0.2) is 5.78 Å². The molecule has 0 spiro atoms. The Hall–Kier alpha value is -3.46. The van der Waals surface area contributed by atoms with Crippen LogP contribution in [0.3, 0.4) is 0 Å². The van der Waals surface area contributed by atoms with Crippen molar-refractivity contribution in [3.05, 3.63) is 77.2 Å². The number of ketones is 1. The van der Waals surface area contributed by atoms with E-state index in [9.17, 15) is 9.90 Å². The number of nitrogens with zero attached hydrogens (tertiary/aromatic N) is 2. The van der Waals surface area contributed by atoms with Crippen LogP contribution in [0.15, 0.2) is 61.1 Å². The van der Waals surface area contributed by atoms with Gasteiger partial charge in [-0.1, -0.05) is 29.8 Å². The van der Waals surface area contributed by atoms with Crippen molar-refractivity contribution in [2.45, 2.75) is 25.0 Å². The molecule has 0 radical (unpaired) electrons. The average Bonchev–Trinajstić information content (AvgIpc) is 3.30. The Morgan fingerprint density at radius 1 is 1.15 bits per heavy atom. The largest absolute Gasteiger partial charge is 0.457 e. The average molecular weight is 479 g/mol. The molecule has 1 fully saturated rings. The molecule has 1 aliphatic rings. The highest BCUT2D eigenvalue weighted by molar-refractivity contribution is 6.35. The van der Waals surface area contributed by atoms with Crippen LogP contribution in [0.4, 0.5) is 5.82 Å². The van der Waals surface area contributed by atoms with E-state index in [0.29, 0.717) is 46.1 Å². The molecule has 2 aromatic carbocycles. The van der Waals surface area contributed by atoms with Gasteiger partial charge in [0.25, 0.3) is 0 Å². The first-order chi connectivity index (χ1) is 16.6. The van der Waals surface area contributed by atoms with E-state index in [4.69, 9.17) is 21.1 Å². The fourth-order valence-electron chi connectivity index (χ4n) is 4.02. The Morgan fingerprint density at radius 2 is 2.00 bits per heavy atom. The number of aliphatic hydroxyl groups is 1. The molecule has 2 aromatic heterocycles. The summed E-state index contributed by atoms with van der Waals surface area (Å²) in [6, 6.07) is 14.4. The predicted molar refractivity (Wildman–Crippen MR) is 129 cm³/mol. The van der Waals surface area contributed by atoms with Crippen molar-refractivity contribution in [3.8, 4) is 11.5 Å². The molecule has 3 N–H and O–H groups in total. The fourth-order valence-corrected chi connectivity index (χ4v) is 4.28. The van der Waals surface area contributed by atoms with Crippen LogP contribution in [0.5, 0.6) is 11.5 Å². The number of nitrogens with one attached hydrogen (secondary N) is 2. The van der Waals surface area contributed by atoms with Crippen LogP contribution in [0.25, 0.3) is 11.0 Å².